The van der Waals surface area contributed by atoms with Gasteiger partial charge in [0, 0.05) is 19.4 Å². The molecule has 0 radical (unpaired) electrons. The number of amides is 3. The highest BCUT2D eigenvalue weighted by Gasteiger charge is 2.32. The van der Waals surface area contributed by atoms with E-state index in [-0.39, 0.29) is 50.4 Å². The Balaban J connectivity index is 3.05. The Morgan fingerprint density at radius 3 is 2.00 bits per heavy atom. The van der Waals surface area contributed by atoms with E-state index in [4.69, 9.17) is 22.3 Å². The number of aliphatic carboxylic acids is 2. The monoisotopic (exact) mass is 565 g/mol. The minimum atomic E-state index is -1.28. The molecule has 4 atom stereocenters. The molecule has 0 saturated carbocycles. The topological polar surface area (TPSA) is 273 Å². The van der Waals surface area contributed by atoms with Crippen LogP contribution in [0.1, 0.15) is 45.1 Å². The Bertz CT molecular complexity index is 1060. The number of nitrogens with one attached hydrogen (secondary N) is 3. The van der Waals surface area contributed by atoms with Crippen LogP contribution in [0.25, 0.3) is 0 Å². The lowest BCUT2D eigenvalue weighted by Crippen LogP contribution is -2.58. The molecule has 0 heterocycles. The number of rotatable bonds is 17. The summed E-state index contributed by atoms with van der Waals surface area (Å²) in [5.41, 5.74) is 16.9. The number of nitrogens with two attached hydrogens (primary N) is 3. The third-order valence-electron chi connectivity index (χ3n) is 5.82. The van der Waals surface area contributed by atoms with Crippen molar-refractivity contribution < 1.29 is 39.3 Å². The first-order valence-corrected chi connectivity index (χ1v) is 12.7. The third-order valence-corrected chi connectivity index (χ3v) is 5.82. The second kappa shape index (κ2) is 16.5. The number of phenolic OH excluding ortho intramolecular Hbond substituents is 1. The van der Waals surface area contributed by atoms with Gasteiger partial charge in [-0.1, -0.05) is 26.0 Å². The molecule has 222 valence electrons. The van der Waals surface area contributed by atoms with Crippen LogP contribution < -0.4 is 33.2 Å². The zero-order valence-corrected chi connectivity index (χ0v) is 22.5. The Morgan fingerprint density at radius 2 is 1.48 bits per heavy atom. The molecule has 0 bridgehead atoms. The number of carbonyl (C=O) groups is 5. The Morgan fingerprint density at radius 1 is 0.875 bits per heavy atom. The van der Waals surface area contributed by atoms with Gasteiger partial charge in [0.2, 0.25) is 17.7 Å². The standard InChI is InChI=1S/C25H39N7O8/c1-13(2)20(23(38)30-17(24(39)40)4-3-11-29-25(27)28)32-22(37)18(12-14-5-7-15(33)8-6-14)31-21(36)16(26)9-10-19(34)35/h5-8,13,16-18,20,33H,3-4,9-12,26H2,1-2H3,(H,30,38)(H,31,36)(H,32,37)(H,34,35)(H,39,40)(H4,27,28,29). The fourth-order valence-electron chi connectivity index (χ4n) is 3.58. The van der Waals surface area contributed by atoms with E-state index in [9.17, 15) is 34.2 Å². The molecule has 0 aliphatic rings. The largest absolute Gasteiger partial charge is 0.508 e. The predicted molar refractivity (Wildman–Crippen MR) is 145 cm³/mol. The maximum Gasteiger partial charge on any atom is 0.326 e. The molecule has 0 aliphatic carbocycles. The summed E-state index contributed by atoms with van der Waals surface area (Å²) in [6.45, 7) is 3.46. The average Bonchev–Trinajstić information content (AvgIpc) is 2.87. The molecule has 0 aliphatic heterocycles. The van der Waals surface area contributed by atoms with E-state index in [0.29, 0.717) is 5.56 Å². The molecule has 0 fully saturated rings. The zero-order valence-electron chi connectivity index (χ0n) is 22.5. The maximum absolute atomic E-state index is 13.3. The minimum Gasteiger partial charge on any atom is -0.508 e. The van der Waals surface area contributed by atoms with E-state index in [0.717, 1.165) is 0 Å². The Labute approximate surface area is 231 Å². The highest BCUT2D eigenvalue weighted by atomic mass is 16.4. The van der Waals surface area contributed by atoms with Gasteiger partial charge >= 0.3 is 11.9 Å². The zero-order chi connectivity index (χ0) is 30.4. The van der Waals surface area contributed by atoms with Crippen molar-refractivity contribution in [3.8, 4) is 5.75 Å². The van der Waals surface area contributed by atoms with Crippen LogP contribution in [-0.4, -0.2) is 81.7 Å². The summed E-state index contributed by atoms with van der Waals surface area (Å²) in [5, 5.41) is 35.4. The Hall–Kier alpha value is -4.40. The first-order valence-electron chi connectivity index (χ1n) is 12.7. The van der Waals surface area contributed by atoms with Crippen LogP contribution in [0.2, 0.25) is 0 Å². The lowest BCUT2D eigenvalue weighted by atomic mass is 10.00. The van der Waals surface area contributed by atoms with Crippen LogP contribution >= 0.6 is 0 Å². The predicted octanol–water partition coefficient (Wildman–Crippen LogP) is -1.62. The summed E-state index contributed by atoms with van der Waals surface area (Å²) in [7, 11) is 0. The number of carboxylic acids is 2. The number of carboxylic acid groups (broad SMARTS) is 2. The second-order valence-electron chi connectivity index (χ2n) is 9.55. The highest BCUT2D eigenvalue weighted by molar-refractivity contribution is 5.94. The molecule has 1 aromatic carbocycles. The van der Waals surface area contributed by atoms with E-state index in [1.165, 1.54) is 12.1 Å². The molecule has 1 rings (SSSR count). The SMILES string of the molecule is CC(C)C(NC(=O)C(Cc1ccc(O)cc1)NC(=O)C(N)CCC(=O)O)C(=O)NC(CCCN=C(N)N)C(=O)O. The molecule has 1 aromatic rings. The lowest BCUT2D eigenvalue weighted by Gasteiger charge is -2.27. The molecule has 3 amide bonds. The number of carbonyl (C=O) groups excluding carboxylic acids is 3. The van der Waals surface area contributed by atoms with Crippen LogP contribution in [-0.2, 0) is 30.4 Å². The van der Waals surface area contributed by atoms with Crippen molar-refractivity contribution in [3.05, 3.63) is 29.8 Å². The summed E-state index contributed by atoms with van der Waals surface area (Å²) in [5.74, 6) is -5.29. The summed E-state index contributed by atoms with van der Waals surface area (Å²) in [4.78, 5) is 65.3. The average molecular weight is 566 g/mol. The van der Waals surface area contributed by atoms with Gasteiger partial charge in [-0.25, -0.2) is 4.79 Å². The van der Waals surface area contributed by atoms with Crippen molar-refractivity contribution in [3.63, 3.8) is 0 Å². The first kappa shape index (κ1) is 33.6. The van der Waals surface area contributed by atoms with Gasteiger partial charge in [-0.15, -0.1) is 0 Å². The molecule has 0 spiro atoms. The highest BCUT2D eigenvalue weighted by Crippen LogP contribution is 2.13. The first-order chi connectivity index (χ1) is 18.7. The fraction of sp³-hybridized carbons (Fsp3) is 0.520. The van der Waals surface area contributed by atoms with Gasteiger partial charge in [0.05, 0.1) is 6.04 Å². The lowest BCUT2D eigenvalue weighted by molar-refractivity contribution is -0.143. The Kier molecular flexibility index (Phi) is 13.9. The molecule has 0 saturated heterocycles. The van der Waals surface area contributed by atoms with Crippen LogP contribution in [0.5, 0.6) is 5.75 Å². The van der Waals surface area contributed by atoms with E-state index in [2.05, 4.69) is 20.9 Å². The molecular formula is C25H39N7O8. The van der Waals surface area contributed by atoms with Crippen molar-refractivity contribution in [2.45, 2.75) is 70.1 Å². The maximum atomic E-state index is 13.3. The second-order valence-corrected chi connectivity index (χ2v) is 9.55. The molecular weight excluding hydrogens is 526 g/mol. The van der Waals surface area contributed by atoms with Crippen molar-refractivity contribution >= 4 is 35.6 Å². The van der Waals surface area contributed by atoms with Gasteiger partial charge in [0.25, 0.3) is 0 Å². The van der Waals surface area contributed by atoms with Crippen LogP contribution in [0.4, 0.5) is 0 Å². The fourth-order valence-corrected chi connectivity index (χ4v) is 3.58. The number of benzene rings is 1. The van der Waals surface area contributed by atoms with Crippen molar-refractivity contribution in [2.75, 3.05) is 6.54 Å². The summed E-state index contributed by atoms with van der Waals surface area (Å²) in [6, 6.07) is 1.02. The van der Waals surface area contributed by atoms with Crippen molar-refractivity contribution in [1.82, 2.24) is 16.0 Å². The normalized spacial score (nSPS) is 13.8. The number of guanidine groups is 1. The van der Waals surface area contributed by atoms with Crippen LogP contribution in [0, 0.1) is 5.92 Å². The van der Waals surface area contributed by atoms with E-state index in [1.54, 1.807) is 26.0 Å². The summed E-state index contributed by atoms with van der Waals surface area (Å²) < 4.78 is 0. The molecule has 4 unspecified atom stereocenters. The van der Waals surface area contributed by atoms with Gasteiger partial charge in [-0.3, -0.25) is 24.2 Å². The number of hydrogen-bond acceptors (Lipinski definition) is 8. The van der Waals surface area contributed by atoms with E-state index < -0.39 is 59.7 Å². The molecule has 40 heavy (non-hydrogen) atoms. The molecule has 15 heteroatoms. The van der Waals surface area contributed by atoms with Gasteiger partial charge in [-0.2, -0.15) is 0 Å². The van der Waals surface area contributed by atoms with Gasteiger partial charge in [0.15, 0.2) is 5.96 Å². The summed E-state index contributed by atoms with van der Waals surface area (Å²) in [6.07, 6.45) is -0.249. The number of hydrogen-bond donors (Lipinski definition) is 9. The van der Waals surface area contributed by atoms with Crippen LogP contribution in [0.3, 0.4) is 0 Å². The third kappa shape index (κ3) is 12.4. The number of phenols is 1. The van der Waals surface area contributed by atoms with E-state index >= 15 is 0 Å². The minimum absolute atomic E-state index is 0.00712. The van der Waals surface area contributed by atoms with Gasteiger partial charge < -0.3 is 48.5 Å². The van der Waals surface area contributed by atoms with Crippen LogP contribution in [0.15, 0.2) is 29.3 Å². The molecule has 0 aromatic heterocycles. The quantitative estimate of drug-likeness (QED) is 0.0587. The number of aromatic hydroxyl groups is 1. The number of nitrogens with zero attached hydrogens (tertiary/aromatic N) is 1. The smallest absolute Gasteiger partial charge is 0.326 e. The molecule has 15 nitrogen and oxygen atoms in total. The van der Waals surface area contributed by atoms with E-state index in [1.807, 2.05) is 0 Å². The van der Waals surface area contributed by atoms with Gasteiger partial charge in [-0.05, 0) is 42.9 Å². The molecule has 12 N–H and O–H groups in total. The van der Waals surface area contributed by atoms with Gasteiger partial charge in [0.1, 0.15) is 23.9 Å². The van der Waals surface area contributed by atoms with Crippen molar-refractivity contribution in [2.24, 2.45) is 28.1 Å². The van der Waals surface area contributed by atoms with Crippen molar-refractivity contribution in [1.29, 1.82) is 0 Å². The summed E-state index contributed by atoms with van der Waals surface area (Å²) >= 11 is 0. The number of aliphatic imine (C=N–C) groups is 1.